The number of hydrogen-bond donors (Lipinski definition) is 0. The van der Waals surface area contributed by atoms with Crippen molar-refractivity contribution < 1.29 is 28.4 Å². The highest BCUT2D eigenvalue weighted by atomic mass is 16.8. The van der Waals surface area contributed by atoms with Crippen molar-refractivity contribution in [1.29, 1.82) is 0 Å². The van der Waals surface area contributed by atoms with E-state index in [1.807, 2.05) is 0 Å². The van der Waals surface area contributed by atoms with E-state index >= 15 is 0 Å². The fourth-order valence-electron chi connectivity index (χ4n) is 1.28. The molecule has 0 saturated carbocycles. The Hall–Kier alpha value is -0.175. The summed E-state index contributed by atoms with van der Waals surface area (Å²) in [6.07, 6.45) is -0.0504. The largest absolute Gasteiger partial charge is 0.358 e. The highest BCUT2D eigenvalue weighted by molar-refractivity contribution is 6.58. The lowest BCUT2D eigenvalue weighted by Crippen LogP contribution is -2.35. The molecule has 0 aromatic carbocycles. The molecule has 3 rings (SSSR count). The molecule has 6 nitrogen and oxygen atoms in total. The van der Waals surface area contributed by atoms with Crippen LogP contribution in [0.2, 0.25) is 0 Å². The van der Waals surface area contributed by atoms with Crippen LogP contribution in [0.15, 0.2) is 0 Å². The molecule has 0 amide bonds. The van der Waals surface area contributed by atoms with Gasteiger partial charge in [0.1, 0.15) is 19.8 Å². The van der Waals surface area contributed by atoms with Crippen molar-refractivity contribution in [2.45, 2.75) is 18.9 Å². The van der Waals surface area contributed by atoms with Crippen molar-refractivity contribution in [2.24, 2.45) is 0 Å². The Bertz CT molecular complexity index is 190. The third-order valence-electron chi connectivity index (χ3n) is 2.46. The SMILES string of the molecule is C(OC1CO1)B(COC1CO1)COC1CO1. The fraction of sp³-hybridized carbons (Fsp3) is 1.00. The van der Waals surface area contributed by atoms with E-state index in [0.29, 0.717) is 39.3 Å². The molecule has 3 aliphatic heterocycles. The number of rotatable bonds is 9. The van der Waals surface area contributed by atoms with E-state index in [1.54, 1.807) is 0 Å². The summed E-state index contributed by atoms with van der Waals surface area (Å²) < 4.78 is 31.3. The van der Waals surface area contributed by atoms with Crippen LogP contribution >= 0.6 is 0 Å². The molecule has 0 aromatic heterocycles. The van der Waals surface area contributed by atoms with Crippen LogP contribution in [0.25, 0.3) is 0 Å². The predicted octanol–water partition coefficient (Wildman–Crippen LogP) is -0.782. The van der Waals surface area contributed by atoms with Crippen LogP contribution in [0.5, 0.6) is 0 Å². The van der Waals surface area contributed by atoms with Gasteiger partial charge < -0.3 is 28.4 Å². The van der Waals surface area contributed by atoms with Crippen LogP contribution < -0.4 is 0 Å². The Labute approximate surface area is 94.1 Å². The zero-order valence-corrected chi connectivity index (χ0v) is 9.00. The van der Waals surface area contributed by atoms with Crippen molar-refractivity contribution in [1.82, 2.24) is 0 Å². The first-order valence-electron chi connectivity index (χ1n) is 5.60. The molecule has 0 aromatic rings. The van der Waals surface area contributed by atoms with Crippen molar-refractivity contribution in [3.8, 4) is 0 Å². The molecule has 90 valence electrons. The van der Waals surface area contributed by atoms with Gasteiger partial charge in [0.2, 0.25) is 6.71 Å². The fourth-order valence-corrected chi connectivity index (χ4v) is 1.28. The maximum Gasteiger partial charge on any atom is 0.232 e. The van der Waals surface area contributed by atoms with Gasteiger partial charge in [0, 0.05) is 19.5 Å². The lowest BCUT2D eigenvalue weighted by molar-refractivity contribution is 0.0470. The highest BCUT2D eigenvalue weighted by Gasteiger charge is 2.31. The van der Waals surface area contributed by atoms with E-state index in [-0.39, 0.29) is 25.6 Å². The van der Waals surface area contributed by atoms with E-state index in [2.05, 4.69) is 0 Å². The van der Waals surface area contributed by atoms with Crippen LogP contribution in [0.3, 0.4) is 0 Å². The second-order valence-electron chi connectivity index (χ2n) is 4.15. The summed E-state index contributed by atoms with van der Waals surface area (Å²) in [4.78, 5) is 0. The maximum absolute atomic E-state index is 5.46. The number of hydrogen-bond acceptors (Lipinski definition) is 6. The van der Waals surface area contributed by atoms with Gasteiger partial charge in [0.15, 0.2) is 18.9 Å². The summed E-state index contributed by atoms with van der Waals surface area (Å²) in [6.45, 7) is 4.07. The molecule has 0 bridgehead atoms. The molecule has 3 fully saturated rings. The zero-order valence-electron chi connectivity index (χ0n) is 9.00. The third-order valence-corrected chi connectivity index (χ3v) is 2.46. The first-order chi connectivity index (χ1) is 7.90. The monoisotopic (exact) mass is 230 g/mol. The van der Waals surface area contributed by atoms with Crippen molar-refractivity contribution >= 4 is 6.71 Å². The Morgan fingerprint density at radius 1 is 0.750 bits per heavy atom. The average molecular weight is 230 g/mol. The normalized spacial score (nSPS) is 34.9. The topological polar surface area (TPSA) is 65.3 Å². The molecule has 0 aliphatic carbocycles. The van der Waals surface area contributed by atoms with Gasteiger partial charge in [-0.15, -0.1) is 0 Å². The second kappa shape index (κ2) is 4.99. The van der Waals surface area contributed by atoms with E-state index < -0.39 is 0 Å². The Kier molecular flexibility index (Phi) is 3.42. The molecule has 16 heavy (non-hydrogen) atoms. The first kappa shape index (κ1) is 10.9. The van der Waals surface area contributed by atoms with Gasteiger partial charge in [0.05, 0.1) is 0 Å². The molecule has 0 spiro atoms. The third kappa shape index (κ3) is 4.01. The minimum absolute atomic E-state index is 0.0168. The molecule has 7 heteroatoms. The van der Waals surface area contributed by atoms with Crippen LogP contribution in [0.4, 0.5) is 0 Å². The summed E-state index contributed by atoms with van der Waals surface area (Å²) in [6, 6.07) is 0. The van der Waals surface area contributed by atoms with Gasteiger partial charge in [-0.3, -0.25) is 0 Å². The highest BCUT2D eigenvalue weighted by Crippen LogP contribution is 2.14. The van der Waals surface area contributed by atoms with Gasteiger partial charge in [0.25, 0.3) is 0 Å². The molecule has 3 saturated heterocycles. The average Bonchev–Trinajstić information content (AvgIpc) is 3.15. The van der Waals surface area contributed by atoms with E-state index in [0.717, 1.165) is 0 Å². The van der Waals surface area contributed by atoms with Crippen molar-refractivity contribution in [3.63, 3.8) is 0 Å². The lowest BCUT2D eigenvalue weighted by Gasteiger charge is -2.12. The Morgan fingerprint density at radius 2 is 1.06 bits per heavy atom. The predicted molar refractivity (Wildman–Crippen MR) is 52.8 cm³/mol. The van der Waals surface area contributed by atoms with E-state index in [1.165, 1.54) is 0 Å². The van der Waals surface area contributed by atoms with Gasteiger partial charge in [-0.2, -0.15) is 0 Å². The number of ether oxygens (including phenoxy) is 6. The summed E-state index contributed by atoms with van der Waals surface area (Å²) in [5, 5.41) is 0. The molecule has 0 N–H and O–H groups in total. The maximum atomic E-state index is 5.46. The first-order valence-corrected chi connectivity index (χ1v) is 5.60. The Balaban J connectivity index is 1.33. The van der Waals surface area contributed by atoms with Crippen LogP contribution in [-0.2, 0) is 28.4 Å². The van der Waals surface area contributed by atoms with Crippen molar-refractivity contribution in [3.05, 3.63) is 0 Å². The Morgan fingerprint density at radius 3 is 1.31 bits per heavy atom. The molecule has 3 aliphatic rings. The standard InChI is InChI=1S/C9H15BO6/c1-7(11-1)14-4-10(5-15-8-2-12-8)6-16-9-3-13-9/h7-9H,1-6H2. The van der Waals surface area contributed by atoms with Crippen LogP contribution in [0, 0.1) is 0 Å². The quantitative estimate of drug-likeness (QED) is 0.382. The molecule has 0 radical (unpaired) electrons. The van der Waals surface area contributed by atoms with Crippen LogP contribution in [-0.4, -0.2) is 64.9 Å². The summed E-state index contributed by atoms with van der Waals surface area (Å²) in [5.41, 5.74) is 0. The molecule has 3 unspecified atom stereocenters. The zero-order chi connectivity index (χ0) is 10.8. The minimum Gasteiger partial charge on any atom is -0.358 e. The van der Waals surface area contributed by atoms with Crippen molar-refractivity contribution in [2.75, 3.05) is 39.3 Å². The number of epoxide rings is 3. The minimum atomic E-state index is -0.0168. The van der Waals surface area contributed by atoms with Gasteiger partial charge in [-0.25, -0.2) is 0 Å². The van der Waals surface area contributed by atoms with E-state index in [9.17, 15) is 0 Å². The second-order valence-corrected chi connectivity index (χ2v) is 4.15. The lowest BCUT2D eigenvalue weighted by atomic mass is 9.52. The molecular formula is C9H15BO6. The molecular weight excluding hydrogens is 215 g/mol. The summed E-state index contributed by atoms with van der Waals surface area (Å²) >= 11 is 0. The van der Waals surface area contributed by atoms with Gasteiger partial charge in [-0.05, 0) is 0 Å². The van der Waals surface area contributed by atoms with Gasteiger partial charge in [-0.1, -0.05) is 0 Å². The summed E-state index contributed by atoms with van der Waals surface area (Å²) in [7, 11) is 0. The molecule has 3 heterocycles. The summed E-state index contributed by atoms with van der Waals surface area (Å²) in [5.74, 6) is 0. The van der Waals surface area contributed by atoms with E-state index in [4.69, 9.17) is 28.4 Å². The van der Waals surface area contributed by atoms with Gasteiger partial charge >= 0.3 is 0 Å². The molecule has 3 atom stereocenters. The smallest absolute Gasteiger partial charge is 0.232 e. The van der Waals surface area contributed by atoms with Crippen LogP contribution in [0.1, 0.15) is 0 Å².